The minimum atomic E-state index is -0.115. The molecule has 160 valence electrons. The highest BCUT2D eigenvalue weighted by Gasteiger charge is 2.28. The molecule has 0 aliphatic carbocycles. The van der Waals surface area contributed by atoms with Crippen molar-refractivity contribution in [3.63, 3.8) is 0 Å². The van der Waals surface area contributed by atoms with Crippen molar-refractivity contribution in [3.05, 3.63) is 71.8 Å². The second-order valence-corrected chi connectivity index (χ2v) is 7.82. The van der Waals surface area contributed by atoms with E-state index in [0.29, 0.717) is 43.8 Å². The summed E-state index contributed by atoms with van der Waals surface area (Å²) < 4.78 is 5.11. The predicted molar refractivity (Wildman–Crippen MR) is 119 cm³/mol. The maximum absolute atomic E-state index is 13.1. The van der Waals surface area contributed by atoms with Gasteiger partial charge in [-0.3, -0.25) is 9.59 Å². The number of likely N-dealkylation sites (tertiary alicyclic amines) is 1. The number of nitrogens with one attached hydrogen (secondary N) is 1. The third-order valence-electron chi connectivity index (χ3n) is 5.88. The van der Waals surface area contributed by atoms with Crippen molar-refractivity contribution in [1.82, 2.24) is 10.2 Å². The molecule has 1 aliphatic rings. The molecular weight excluding hydrogens is 392 g/mol. The minimum absolute atomic E-state index is 0.00991. The smallest absolute Gasteiger partial charge is 0.254 e. The molecule has 0 saturated carbocycles. The van der Waals surface area contributed by atoms with Gasteiger partial charge in [0.25, 0.3) is 5.91 Å². The highest BCUT2D eigenvalue weighted by atomic mass is 16.5. The lowest BCUT2D eigenvalue weighted by molar-refractivity contribution is -0.126. The zero-order chi connectivity index (χ0) is 21.8. The SMILES string of the molecule is COc1cc(CNC(=O)C2CCN(C(=O)c3cccc4ccccc34)CC2)ccc1O. The van der Waals surface area contributed by atoms with Crippen molar-refractivity contribution in [1.29, 1.82) is 0 Å². The number of benzene rings is 3. The number of phenolic OH excluding ortho intramolecular Hbond substituents is 1. The standard InChI is InChI=1S/C25H26N2O4/c1-31-23-15-17(9-10-22(23)28)16-26-24(29)19-11-13-27(14-12-19)25(30)21-8-4-6-18-5-2-3-7-20(18)21/h2-10,15,19,28H,11-14,16H2,1H3,(H,26,29). The highest BCUT2D eigenvalue weighted by molar-refractivity contribution is 6.07. The Balaban J connectivity index is 1.34. The van der Waals surface area contributed by atoms with E-state index in [0.717, 1.165) is 16.3 Å². The summed E-state index contributed by atoms with van der Waals surface area (Å²) in [5, 5.41) is 14.6. The van der Waals surface area contributed by atoms with Gasteiger partial charge in [-0.25, -0.2) is 0 Å². The van der Waals surface area contributed by atoms with E-state index in [4.69, 9.17) is 4.74 Å². The van der Waals surface area contributed by atoms with Crippen LogP contribution in [0.3, 0.4) is 0 Å². The highest BCUT2D eigenvalue weighted by Crippen LogP contribution is 2.27. The average Bonchev–Trinajstić information content (AvgIpc) is 2.82. The maximum atomic E-state index is 13.1. The van der Waals surface area contributed by atoms with Gasteiger partial charge in [0.1, 0.15) is 0 Å². The number of hydrogen-bond acceptors (Lipinski definition) is 4. The molecule has 0 unspecified atom stereocenters. The number of hydrogen-bond donors (Lipinski definition) is 2. The average molecular weight is 418 g/mol. The van der Waals surface area contributed by atoms with Crippen LogP contribution in [0.25, 0.3) is 10.8 Å². The summed E-state index contributed by atoms with van der Waals surface area (Å²) in [6.45, 7) is 1.49. The molecule has 3 aromatic rings. The van der Waals surface area contributed by atoms with Crippen molar-refractivity contribution in [2.75, 3.05) is 20.2 Å². The number of ether oxygens (including phenoxy) is 1. The number of amides is 2. The molecule has 0 aromatic heterocycles. The zero-order valence-corrected chi connectivity index (χ0v) is 17.5. The molecule has 31 heavy (non-hydrogen) atoms. The molecule has 0 bridgehead atoms. The number of carbonyl (C=O) groups excluding carboxylic acids is 2. The van der Waals surface area contributed by atoms with Crippen LogP contribution in [0.1, 0.15) is 28.8 Å². The summed E-state index contributed by atoms with van der Waals surface area (Å²) in [5.74, 6) is 0.347. The van der Waals surface area contributed by atoms with Crippen LogP contribution < -0.4 is 10.1 Å². The summed E-state index contributed by atoms with van der Waals surface area (Å²) in [7, 11) is 1.49. The lowest BCUT2D eigenvalue weighted by Gasteiger charge is -2.31. The normalized spacial score (nSPS) is 14.4. The van der Waals surface area contributed by atoms with E-state index < -0.39 is 0 Å². The number of aromatic hydroxyl groups is 1. The van der Waals surface area contributed by atoms with Crippen molar-refractivity contribution in [3.8, 4) is 11.5 Å². The minimum Gasteiger partial charge on any atom is -0.504 e. The molecule has 1 saturated heterocycles. The van der Waals surface area contributed by atoms with Crippen molar-refractivity contribution in [2.45, 2.75) is 19.4 Å². The molecule has 1 aliphatic heterocycles. The van der Waals surface area contributed by atoms with Gasteiger partial charge in [0.15, 0.2) is 11.5 Å². The van der Waals surface area contributed by atoms with Gasteiger partial charge in [0.05, 0.1) is 7.11 Å². The molecule has 0 radical (unpaired) electrons. The first-order chi connectivity index (χ1) is 15.1. The van der Waals surface area contributed by atoms with Crippen LogP contribution in [0.2, 0.25) is 0 Å². The molecular formula is C25H26N2O4. The molecule has 6 nitrogen and oxygen atoms in total. The molecule has 4 rings (SSSR count). The Morgan fingerprint density at radius 2 is 1.81 bits per heavy atom. The van der Waals surface area contributed by atoms with Gasteiger partial charge in [-0.1, -0.05) is 42.5 Å². The molecule has 1 heterocycles. The fraction of sp³-hybridized carbons (Fsp3) is 0.280. The van der Waals surface area contributed by atoms with Gasteiger partial charge < -0.3 is 20.1 Å². The quantitative estimate of drug-likeness (QED) is 0.662. The predicted octanol–water partition coefficient (Wildman–Crippen LogP) is 3.72. The third kappa shape index (κ3) is 4.48. The third-order valence-corrected chi connectivity index (χ3v) is 5.88. The molecule has 6 heteroatoms. The van der Waals surface area contributed by atoms with Crippen LogP contribution in [-0.4, -0.2) is 42.0 Å². The Bertz CT molecular complexity index is 1100. The van der Waals surface area contributed by atoms with E-state index in [1.165, 1.54) is 7.11 Å². The summed E-state index contributed by atoms with van der Waals surface area (Å²) >= 11 is 0. The Labute approximate surface area is 181 Å². The monoisotopic (exact) mass is 418 g/mol. The molecule has 2 amide bonds. The number of piperidine rings is 1. The number of methoxy groups -OCH3 is 1. The van der Waals surface area contributed by atoms with Gasteiger partial charge in [-0.05, 0) is 47.4 Å². The van der Waals surface area contributed by atoms with E-state index in [2.05, 4.69) is 5.32 Å². The first-order valence-electron chi connectivity index (χ1n) is 10.5. The number of rotatable bonds is 5. The van der Waals surface area contributed by atoms with Gasteiger partial charge in [-0.2, -0.15) is 0 Å². The van der Waals surface area contributed by atoms with Crippen molar-refractivity contribution in [2.24, 2.45) is 5.92 Å². The van der Waals surface area contributed by atoms with Crippen LogP contribution in [0.5, 0.6) is 11.5 Å². The largest absolute Gasteiger partial charge is 0.504 e. The van der Waals surface area contributed by atoms with E-state index in [9.17, 15) is 14.7 Å². The van der Waals surface area contributed by atoms with Crippen LogP contribution >= 0.6 is 0 Å². The molecule has 0 atom stereocenters. The van der Waals surface area contributed by atoms with E-state index in [-0.39, 0.29) is 23.5 Å². The van der Waals surface area contributed by atoms with E-state index >= 15 is 0 Å². The summed E-state index contributed by atoms with van der Waals surface area (Å²) in [6.07, 6.45) is 1.28. The maximum Gasteiger partial charge on any atom is 0.254 e. The number of fused-ring (bicyclic) bond motifs is 1. The van der Waals surface area contributed by atoms with Crippen molar-refractivity contribution < 1.29 is 19.4 Å². The Hall–Kier alpha value is -3.54. The summed E-state index contributed by atoms with van der Waals surface area (Å²) in [6, 6.07) is 18.7. The van der Waals surface area contributed by atoms with Gasteiger partial charge in [0.2, 0.25) is 5.91 Å². The van der Waals surface area contributed by atoms with Crippen LogP contribution in [0.15, 0.2) is 60.7 Å². The van der Waals surface area contributed by atoms with Gasteiger partial charge in [-0.15, -0.1) is 0 Å². The van der Waals surface area contributed by atoms with Crippen molar-refractivity contribution >= 4 is 22.6 Å². The second kappa shape index (κ2) is 9.08. The van der Waals surface area contributed by atoms with Gasteiger partial charge in [0, 0.05) is 31.1 Å². The van der Waals surface area contributed by atoms with Crippen LogP contribution in [0, 0.1) is 5.92 Å². The number of nitrogens with zero attached hydrogens (tertiary/aromatic N) is 1. The lowest BCUT2D eigenvalue weighted by atomic mass is 9.94. The molecule has 1 fully saturated rings. The molecule has 2 N–H and O–H groups in total. The Kier molecular flexibility index (Phi) is 6.07. The molecule has 0 spiro atoms. The summed E-state index contributed by atoms with van der Waals surface area (Å²) in [5.41, 5.74) is 1.56. The fourth-order valence-corrected chi connectivity index (χ4v) is 4.09. The lowest BCUT2D eigenvalue weighted by Crippen LogP contribution is -2.43. The van der Waals surface area contributed by atoms with Crippen LogP contribution in [0.4, 0.5) is 0 Å². The van der Waals surface area contributed by atoms with Crippen LogP contribution in [-0.2, 0) is 11.3 Å². The number of phenols is 1. The summed E-state index contributed by atoms with van der Waals surface area (Å²) in [4.78, 5) is 27.5. The zero-order valence-electron chi connectivity index (χ0n) is 17.5. The first-order valence-corrected chi connectivity index (χ1v) is 10.5. The first kappa shape index (κ1) is 20.7. The van der Waals surface area contributed by atoms with Gasteiger partial charge >= 0.3 is 0 Å². The number of carbonyl (C=O) groups is 2. The Morgan fingerprint density at radius 1 is 1.06 bits per heavy atom. The van der Waals surface area contributed by atoms with E-state index in [1.807, 2.05) is 47.4 Å². The van der Waals surface area contributed by atoms with E-state index in [1.54, 1.807) is 18.2 Å². The fourth-order valence-electron chi connectivity index (χ4n) is 4.09. The Morgan fingerprint density at radius 3 is 2.58 bits per heavy atom. The molecule has 3 aromatic carbocycles. The second-order valence-electron chi connectivity index (χ2n) is 7.82. The topological polar surface area (TPSA) is 78.9 Å².